The fourth-order valence-electron chi connectivity index (χ4n) is 2.26. The fourth-order valence-corrected chi connectivity index (χ4v) is 2.26. The van der Waals surface area contributed by atoms with Gasteiger partial charge in [-0.25, -0.2) is 9.97 Å². The van der Waals surface area contributed by atoms with Gasteiger partial charge in [-0.1, -0.05) is 18.2 Å². The monoisotopic (exact) mass is 314 g/mol. The Kier molecular flexibility index (Phi) is 5.91. The summed E-state index contributed by atoms with van der Waals surface area (Å²) in [6.45, 7) is 6.19. The minimum Gasteiger partial charge on any atom is -0.496 e. The molecule has 0 aliphatic rings. The van der Waals surface area contributed by atoms with E-state index >= 15 is 0 Å². The smallest absolute Gasteiger partial charge is 0.271 e. The van der Waals surface area contributed by atoms with Crippen molar-refractivity contribution in [2.75, 3.05) is 25.1 Å². The molecule has 1 N–H and O–H groups in total. The number of amides is 1. The molecule has 1 heterocycles. The van der Waals surface area contributed by atoms with Gasteiger partial charge in [0.05, 0.1) is 19.5 Å². The van der Waals surface area contributed by atoms with E-state index in [-0.39, 0.29) is 5.91 Å². The minimum absolute atomic E-state index is 0.255. The highest BCUT2D eigenvalue weighted by atomic mass is 16.5. The Labute approximate surface area is 136 Å². The number of methoxy groups -OCH3 is 1. The number of hydrogen-bond donors (Lipinski definition) is 1. The molecule has 23 heavy (non-hydrogen) atoms. The van der Waals surface area contributed by atoms with Crippen LogP contribution in [0.2, 0.25) is 0 Å². The second-order valence-corrected chi connectivity index (χ2v) is 4.93. The minimum atomic E-state index is -0.255. The number of nitrogens with one attached hydrogen (secondary N) is 1. The largest absolute Gasteiger partial charge is 0.496 e. The van der Waals surface area contributed by atoms with Crippen LogP contribution in [0.3, 0.4) is 0 Å². The molecule has 2 rings (SSSR count). The molecule has 0 atom stereocenters. The molecule has 2 aromatic rings. The van der Waals surface area contributed by atoms with Crippen LogP contribution >= 0.6 is 0 Å². The number of carbonyl (C=O) groups excluding carboxylic acids is 1. The summed E-state index contributed by atoms with van der Waals surface area (Å²) in [6, 6.07) is 7.57. The first-order valence-corrected chi connectivity index (χ1v) is 7.66. The number of carbonyl (C=O) groups is 1. The van der Waals surface area contributed by atoms with Crippen molar-refractivity contribution in [3.8, 4) is 5.75 Å². The van der Waals surface area contributed by atoms with Crippen LogP contribution in [-0.4, -0.2) is 36.1 Å². The number of nitrogens with zero attached hydrogens (tertiary/aromatic N) is 3. The highest BCUT2D eigenvalue weighted by molar-refractivity contribution is 5.92. The van der Waals surface area contributed by atoms with Crippen molar-refractivity contribution in [1.29, 1.82) is 0 Å². The maximum atomic E-state index is 12.2. The molecule has 122 valence electrons. The lowest BCUT2D eigenvalue weighted by Crippen LogP contribution is -2.26. The average molecular weight is 314 g/mol. The molecule has 0 saturated carbocycles. The molecule has 0 aliphatic carbocycles. The van der Waals surface area contributed by atoms with E-state index in [1.54, 1.807) is 13.3 Å². The molecule has 0 saturated heterocycles. The van der Waals surface area contributed by atoms with Gasteiger partial charge in [0.2, 0.25) is 0 Å². The summed E-state index contributed by atoms with van der Waals surface area (Å²) < 4.78 is 5.27. The van der Waals surface area contributed by atoms with Gasteiger partial charge in [0, 0.05) is 25.2 Å². The third kappa shape index (κ3) is 4.18. The number of hydrogen-bond acceptors (Lipinski definition) is 5. The molecule has 0 spiro atoms. The van der Waals surface area contributed by atoms with Gasteiger partial charge in [-0.2, -0.15) is 0 Å². The predicted molar refractivity (Wildman–Crippen MR) is 89.8 cm³/mol. The molecule has 1 aromatic carbocycles. The second-order valence-electron chi connectivity index (χ2n) is 4.93. The second kappa shape index (κ2) is 8.12. The molecule has 6 nitrogen and oxygen atoms in total. The average Bonchev–Trinajstić information content (AvgIpc) is 2.61. The van der Waals surface area contributed by atoms with Crippen LogP contribution in [0.25, 0.3) is 0 Å². The van der Waals surface area contributed by atoms with Crippen LogP contribution in [-0.2, 0) is 6.54 Å². The quantitative estimate of drug-likeness (QED) is 0.849. The molecule has 6 heteroatoms. The Morgan fingerprint density at radius 2 is 1.91 bits per heavy atom. The topological polar surface area (TPSA) is 67.4 Å². The Bertz CT molecular complexity index is 639. The van der Waals surface area contributed by atoms with Gasteiger partial charge in [0.1, 0.15) is 17.3 Å². The van der Waals surface area contributed by atoms with Crippen LogP contribution in [0.4, 0.5) is 5.82 Å². The van der Waals surface area contributed by atoms with Crippen molar-refractivity contribution < 1.29 is 9.53 Å². The Balaban J connectivity index is 2.01. The molecule has 1 amide bonds. The molecule has 0 bridgehead atoms. The van der Waals surface area contributed by atoms with E-state index in [0.717, 1.165) is 30.2 Å². The zero-order valence-corrected chi connectivity index (χ0v) is 13.7. The molecule has 0 radical (unpaired) electrons. The first-order valence-electron chi connectivity index (χ1n) is 7.66. The summed E-state index contributed by atoms with van der Waals surface area (Å²) in [7, 11) is 1.61. The molecule has 0 unspecified atom stereocenters. The van der Waals surface area contributed by atoms with Gasteiger partial charge in [-0.15, -0.1) is 0 Å². The standard InChI is InChI=1S/C17H22N4O2/c1-4-21(5-2)16-12-18-14(11-19-16)17(22)20-10-13-8-6-7-9-15(13)23-3/h6-9,11-12H,4-5,10H2,1-3H3,(H,20,22). The van der Waals surface area contributed by atoms with Crippen LogP contribution in [0, 0.1) is 0 Å². The van der Waals surface area contributed by atoms with Gasteiger partial charge in [0.15, 0.2) is 0 Å². The first-order chi connectivity index (χ1) is 11.2. The summed E-state index contributed by atoms with van der Waals surface area (Å²) in [5, 5.41) is 2.83. The molecular weight excluding hydrogens is 292 g/mol. The van der Waals surface area contributed by atoms with E-state index in [0.29, 0.717) is 12.2 Å². The van der Waals surface area contributed by atoms with Gasteiger partial charge in [0.25, 0.3) is 5.91 Å². The number of anilines is 1. The van der Waals surface area contributed by atoms with Gasteiger partial charge < -0.3 is 15.0 Å². The van der Waals surface area contributed by atoms with Crippen molar-refractivity contribution in [1.82, 2.24) is 15.3 Å². The van der Waals surface area contributed by atoms with E-state index in [2.05, 4.69) is 34.0 Å². The lowest BCUT2D eigenvalue weighted by molar-refractivity contribution is 0.0945. The lowest BCUT2D eigenvalue weighted by Gasteiger charge is -2.19. The maximum absolute atomic E-state index is 12.2. The van der Waals surface area contributed by atoms with E-state index in [1.807, 2.05) is 24.3 Å². The highest BCUT2D eigenvalue weighted by Crippen LogP contribution is 2.16. The number of ether oxygens (including phenoxy) is 1. The van der Waals surface area contributed by atoms with Crippen LogP contribution in [0.15, 0.2) is 36.7 Å². The number of rotatable bonds is 7. The predicted octanol–water partition coefficient (Wildman–Crippen LogP) is 2.26. The number of para-hydroxylation sites is 1. The first kappa shape index (κ1) is 16.7. The third-order valence-corrected chi connectivity index (χ3v) is 3.59. The Morgan fingerprint density at radius 1 is 1.17 bits per heavy atom. The molecule has 0 aliphatic heterocycles. The fraction of sp³-hybridized carbons (Fsp3) is 0.353. The number of aromatic nitrogens is 2. The van der Waals surface area contributed by atoms with Crippen LogP contribution in [0.1, 0.15) is 29.9 Å². The van der Waals surface area contributed by atoms with E-state index in [9.17, 15) is 4.79 Å². The zero-order valence-electron chi connectivity index (χ0n) is 13.7. The van der Waals surface area contributed by atoms with Gasteiger partial charge in [-0.3, -0.25) is 4.79 Å². The number of benzene rings is 1. The maximum Gasteiger partial charge on any atom is 0.271 e. The van der Waals surface area contributed by atoms with Crippen molar-refractivity contribution >= 4 is 11.7 Å². The third-order valence-electron chi connectivity index (χ3n) is 3.59. The molecular formula is C17H22N4O2. The van der Waals surface area contributed by atoms with E-state index < -0.39 is 0 Å². The van der Waals surface area contributed by atoms with E-state index in [1.165, 1.54) is 6.20 Å². The van der Waals surface area contributed by atoms with Crippen LogP contribution < -0.4 is 15.0 Å². The van der Waals surface area contributed by atoms with Crippen molar-refractivity contribution in [3.63, 3.8) is 0 Å². The Hall–Kier alpha value is -2.63. The summed E-state index contributed by atoms with van der Waals surface area (Å²) in [4.78, 5) is 22.8. The normalized spacial score (nSPS) is 10.2. The van der Waals surface area contributed by atoms with Gasteiger partial charge in [-0.05, 0) is 19.9 Å². The highest BCUT2D eigenvalue weighted by Gasteiger charge is 2.11. The van der Waals surface area contributed by atoms with Gasteiger partial charge >= 0.3 is 0 Å². The summed E-state index contributed by atoms with van der Waals surface area (Å²) in [5.74, 6) is 1.27. The zero-order chi connectivity index (χ0) is 16.7. The Morgan fingerprint density at radius 3 is 2.52 bits per heavy atom. The summed E-state index contributed by atoms with van der Waals surface area (Å²) in [6.07, 6.45) is 3.14. The van der Waals surface area contributed by atoms with Crippen molar-refractivity contribution in [2.45, 2.75) is 20.4 Å². The van der Waals surface area contributed by atoms with Crippen LogP contribution in [0.5, 0.6) is 5.75 Å². The van der Waals surface area contributed by atoms with Crippen molar-refractivity contribution in [3.05, 3.63) is 47.9 Å². The molecule has 0 fully saturated rings. The van der Waals surface area contributed by atoms with Crippen molar-refractivity contribution in [2.24, 2.45) is 0 Å². The summed E-state index contributed by atoms with van der Waals surface area (Å²) >= 11 is 0. The lowest BCUT2D eigenvalue weighted by atomic mass is 10.2. The summed E-state index contributed by atoms with van der Waals surface area (Å²) in [5.41, 5.74) is 1.21. The molecule has 1 aromatic heterocycles. The van der Waals surface area contributed by atoms with E-state index in [4.69, 9.17) is 4.74 Å². The SMILES string of the molecule is CCN(CC)c1cnc(C(=O)NCc2ccccc2OC)cn1.